The van der Waals surface area contributed by atoms with Gasteiger partial charge in [-0.2, -0.15) is 0 Å². The molecule has 3 heterocycles. The molecule has 3 aromatic heterocycles. The molecule has 0 N–H and O–H groups in total. The zero-order valence-corrected chi connectivity index (χ0v) is 21.3. The van der Waals surface area contributed by atoms with Gasteiger partial charge in [-0.1, -0.05) is 12.1 Å². The zero-order chi connectivity index (χ0) is 27.4. The number of aromatic nitrogens is 4. The summed E-state index contributed by atoms with van der Waals surface area (Å²) in [5.74, 6) is -6.49. The summed E-state index contributed by atoms with van der Waals surface area (Å²) < 4.78 is 65.7. The molecule has 5 rings (SSSR count). The first-order chi connectivity index (χ1) is 17.9. The summed E-state index contributed by atoms with van der Waals surface area (Å²) in [5.41, 5.74) is -0.00427. The zero-order valence-electron chi connectivity index (χ0n) is 21.3. The number of allylic oxidation sites excluding steroid dienone is 2. The third-order valence-electron chi connectivity index (χ3n) is 7.82. The van der Waals surface area contributed by atoms with Crippen LogP contribution in [0, 0.1) is 6.92 Å². The molecule has 3 aromatic rings. The molecule has 0 radical (unpaired) electrons. The van der Waals surface area contributed by atoms with Gasteiger partial charge in [0.1, 0.15) is 5.82 Å². The minimum Gasteiger partial charge on any atom is -0.481 e. The molecule has 1 fully saturated rings. The fourth-order valence-electron chi connectivity index (χ4n) is 5.46. The molecule has 0 aromatic carbocycles. The van der Waals surface area contributed by atoms with E-state index in [0.29, 0.717) is 17.0 Å². The SMILES string of the molecule is COc1ccc(C2CC(c3cc4c(=O)n(C)c(C)nc4n(C4CCC(F)(F)CC4)c3=O)=CCC2(F)F)cn1. The van der Waals surface area contributed by atoms with Crippen molar-refractivity contribution in [2.75, 3.05) is 7.11 Å². The molecule has 0 bridgehead atoms. The molecule has 0 aliphatic heterocycles. The number of alkyl halides is 4. The molecular weight excluding hydrogens is 504 g/mol. The summed E-state index contributed by atoms with van der Waals surface area (Å²) in [7, 11) is 2.98. The second kappa shape index (κ2) is 9.36. The summed E-state index contributed by atoms with van der Waals surface area (Å²) in [6.07, 6.45) is 1.21. The number of fused-ring (bicyclic) bond motifs is 1. The lowest BCUT2D eigenvalue weighted by atomic mass is 9.79. The average molecular weight is 533 g/mol. The highest BCUT2D eigenvalue weighted by Gasteiger charge is 2.44. The van der Waals surface area contributed by atoms with Gasteiger partial charge < -0.3 is 4.74 Å². The fraction of sp³-hybridized carbons (Fsp3) is 0.481. The van der Waals surface area contributed by atoms with Crippen molar-refractivity contribution in [3.8, 4) is 5.88 Å². The van der Waals surface area contributed by atoms with Gasteiger partial charge in [0.2, 0.25) is 11.8 Å². The van der Waals surface area contributed by atoms with Crippen LogP contribution in [0.1, 0.15) is 67.4 Å². The van der Waals surface area contributed by atoms with E-state index in [1.807, 2.05) is 0 Å². The second-order valence-corrected chi connectivity index (χ2v) is 10.2. The number of nitrogens with zero attached hydrogens (tertiary/aromatic N) is 4. The van der Waals surface area contributed by atoms with Gasteiger partial charge in [0.05, 0.1) is 18.4 Å². The normalized spacial score (nSPS) is 21.3. The second-order valence-electron chi connectivity index (χ2n) is 10.2. The smallest absolute Gasteiger partial charge is 0.262 e. The summed E-state index contributed by atoms with van der Waals surface area (Å²) in [6.45, 7) is 1.62. The highest BCUT2D eigenvalue weighted by Crippen LogP contribution is 2.47. The van der Waals surface area contributed by atoms with Crippen molar-refractivity contribution >= 4 is 16.6 Å². The average Bonchev–Trinajstić information content (AvgIpc) is 2.88. The van der Waals surface area contributed by atoms with Crippen LogP contribution in [0.2, 0.25) is 0 Å². The Kier molecular flexibility index (Phi) is 6.43. The Bertz CT molecular complexity index is 1530. The van der Waals surface area contributed by atoms with Crippen molar-refractivity contribution < 1.29 is 22.3 Å². The van der Waals surface area contributed by atoms with E-state index >= 15 is 8.78 Å². The molecule has 202 valence electrons. The lowest BCUT2D eigenvalue weighted by Gasteiger charge is -2.33. The molecule has 2 aliphatic carbocycles. The molecular formula is C27H28F4N4O3. The number of halogens is 4. The Balaban J connectivity index is 1.66. The van der Waals surface area contributed by atoms with Crippen LogP contribution in [0.5, 0.6) is 5.88 Å². The van der Waals surface area contributed by atoms with Crippen LogP contribution < -0.4 is 15.9 Å². The standard InChI is InChI=1S/C27H28F4N4O3/c1-15-33-23-20(24(36)34(15)2)13-19(25(37)35(23)18-7-9-26(28,29)10-8-18)16-6-11-27(30,31)21(12-16)17-4-5-22(38-3)32-14-17/h4-6,13-14,18,21H,7-12H2,1-3H3. The molecule has 0 saturated heterocycles. The number of pyridine rings is 2. The molecule has 1 unspecified atom stereocenters. The van der Waals surface area contributed by atoms with E-state index in [2.05, 4.69) is 9.97 Å². The maximum absolute atomic E-state index is 15.1. The molecule has 1 saturated carbocycles. The van der Waals surface area contributed by atoms with E-state index in [9.17, 15) is 18.4 Å². The van der Waals surface area contributed by atoms with Gasteiger partial charge >= 0.3 is 0 Å². The van der Waals surface area contributed by atoms with Crippen LogP contribution in [-0.4, -0.2) is 38.1 Å². The predicted octanol–water partition coefficient (Wildman–Crippen LogP) is 5.15. The van der Waals surface area contributed by atoms with E-state index in [4.69, 9.17) is 4.74 Å². The summed E-state index contributed by atoms with van der Waals surface area (Å²) >= 11 is 0. The van der Waals surface area contributed by atoms with E-state index in [1.165, 1.54) is 46.7 Å². The quantitative estimate of drug-likeness (QED) is 0.434. The van der Waals surface area contributed by atoms with Crippen molar-refractivity contribution in [3.63, 3.8) is 0 Å². The van der Waals surface area contributed by atoms with Gasteiger partial charge in [-0.3, -0.25) is 18.7 Å². The molecule has 1 atom stereocenters. The van der Waals surface area contributed by atoms with Crippen LogP contribution in [0.3, 0.4) is 0 Å². The number of methoxy groups -OCH3 is 1. The predicted molar refractivity (Wildman–Crippen MR) is 134 cm³/mol. The summed E-state index contributed by atoms with van der Waals surface area (Å²) in [5, 5.41) is 0.144. The third-order valence-corrected chi connectivity index (χ3v) is 7.82. The van der Waals surface area contributed by atoms with Crippen molar-refractivity contribution in [2.24, 2.45) is 7.05 Å². The van der Waals surface area contributed by atoms with Crippen molar-refractivity contribution in [1.29, 1.82) is 0 Å². The summed E-state index contributed by atoms with van der Waals surface area (Å²) in [6, 6.07) is 3.86. The van der Waals surface area contributed by atoms with Crippen LogP contribution in [-0.2, 0) is 7.05 Å². The van der Waals surface area contributed by atoms with E-state index in [0.717, 1.165) is 0 Å². The Morgan fingerprint density at radius 2 is 1.79 bits per heavy atom. The number of ether oxygens (including phenoxy) is 1. The third kappa shape index (κ3) is 4.52. The van der Waals surface area contributed by atoms with Gasteiger partial charge in [-0.15, -0.1) is 0 Å². The lowest BCUT2D eigenvalue weighted by Crippen LogP contribution is -2.36. The first-order valence-corrected chi connectivity index (χ1v) is 12.5. The maximum atomic E-state index is 15.1. The molecule has 2 aliphatic rings. The molecule has 0 amide bonds. The first-order valence-electron chi connectivity index (χ1n) is 12.5. The van der Waals surface area contributed by atoms with Gasteiger partial charge in [-0.05, 0) is 43.4 Å². The molecule has 38 heavy (non-hydrogen) atoms. The number of hydrogen-bond donors (Lipinski definition) is 0. The van der Waals surface area contributed by atoms with Gasteiger partial charge in [-0.25, -0.2) is 27.5 Å². The van der Waals surface area contributed by atoms with E-state index in [1.54, 1.807) is 14.0 Å². The van der Waals surface area contributed by atoms with Crippen LogP contribution in [0.4, 0.5) is 17.6 Å². The van der Waals surface area contributed by atoms with Crippen LogP contribution in [0.25, 0.3) is 16.6 Å². The van der Waals surface area contributed by atoms with Gasteiger partial charge in [0.15, 0.2) is 5.65 Å². The van der Waals surface area contributed by atoms with Crippen molar-refractivity contribution in [3.05, 3.63) is 68.1 Å². The van der Waals surface area contributed by atoms with Crippen LogP contribution in [0.15, 0.2) is 40.1 Å². The number of aryl methyl sites for hydroxylation is 1. The molecule has 7 nitrogen and oxygen atoms in total. The van der Waals surface area contributed by atoms with Gasteiger partial charge in [0, 0.05) is 50.2 Å². The molecule has 0 spiro atoms. The van der Waals surface area contributed by atoms with E-state index < -0.39 is 41.3 Å². The highest BCUT2D eigenvalue weighted by atomic mass is 19.3. The Morgan fingerprint density at radius 3 is 2.42 bits per heavy atom. The first kappa shape index (κ1) is 26.1. The lowest BCUT2D eigenvalue weighted by molar-refractivity contribution is -0.0439. The largest absolute Gasteiger partial charge is 0.481 e. The summed E-state index contributed by atoms with van der Waals surface area (Å²) in [4.78, 5) is 35.7. The minimum absolute atomic E-state index is 0.0403. The monoisotopic (exact) mass is 532 g/mol. The van der Waals surface area contributed by atoms with E-state index in [-0.39, 0.29) is 54.6 Å². The number of hydrogen-bond acceptors (Lipinski definition) is 5. The van der Waals surface area contributed by atoms with Crippen molar-refractivity contribution in [1.82, 2.24) is 19.1 Å². The highest BCUT2D eigenvalue weighted by molar-refractivity contribution is 5.80. The van der Waals surface area contributed by atoms with Crippen molar-refractivity contribution in [2.45, 2.75) is 69.3 Å². The van der Waals surface area contributed by atoms with Crippen LogP contribution >= 0.6 is 0 Å². The number of rotatable bonds is 4. The maximum Gasteiger partial charge on any atom is 0.262 e. The Hall–Kier alpha value is -3.50. The van der Waals surface area contributed by atoms with Gasteiger partial charge in [0.25, 0.3) is 17.0 Å². The Labute approximate surface area is 215 Å². The fourth-order valence-corrected chi connectivity index (χ4v) is 5.46. The molecule has 11 heteroatoms. The topological polar surface area (TPSA) is 79.0 Å². The Morgan fingerprint density at radius 1 is 1.08 bits per heavy atom. The minimum atomic E-state index is -3.08.